The van der Waals surface area contributed by atoms with Gasteiger partial charge in [-0.15, -0.1) is 0 Å². The number of likely N-dealkylation sites (N-methyl/N-ethyl adjacent to an activating group) is 1. The monoisotopic (exact) mass is 381 g/mol. The molecule has 7 heteroatoms. The number of amides is 2. The fourth-order valence-corrected chi connectivity index (χ4v) is 3.90. The molecule has 0 bridgehead atoms. The maximum absolute atomic E-state index is 14.8. The third-order valence-corrected chi connectivity index (χ3v) is 5.58. The van der Waals surface area contributed by atoms with Gasteiger partial charge in [-0.05, 0) is 43.2 Å². The number of carbonyl (C=O) groups excluding carboxylic acids is 2. The summed E-state index contributed by atoms with van der Waals surface area (Å²) in [6.07, 6.45) is 2.69. The molecule has 0 unspecified atom stereocenters. The Hall–Kier alpha value is -3.22. The van der Waals surface area contributed by atoms with Crippen molar-refractivity contribution in [3.8, 4) is 11.5 Å². The lowest BCUT2D eigenvalue weighted by Crippen LogP contribution is -2.56. The maximum Gasteiger partial charge on any atom is 0.254 e. The van der Waals surface area contributed by atoms with Crippen LogP contribution in [0.15, 0.2) is 46.9 Å². The van der Waals surface area contributed by atoms with Crippen LogP contribution >= 0.6 is 0 Å². The second kappa shape index (κ2) is 6.74. The highest BCUT2D eigenvalue weighted by atomic mass is 19.1. The number of hydrogen-bond donors (Lipinski definition) is 1. The number of hydrogen-bond acceptors (Lipinski definition) is 4. The third-order valence-electron chi connectivity index (χ3n) is 5.58. The van der Waals surface area contributed by atoms with Gasteiger partial charge in [0.25, 0.3) is 5.91 Å². The molecule has 1 heterocycles. The zero-order valence-electron chi connectivity index (χ0n) is 15.4. The number of aromatic nitrogens is 1. The molecule has 1 aliphatic carbocycles. The highest BCUT2D eigenvalue weighted by Gasteiger charge is 2.45. The molecule has 144 valence electrons. The molecule has 1 fully saturated rings. The van der Waals surface area contributed by atoms with Crippen molar-refractivity contribution in [1.82, 2.24) is 9.88 Å². The van der Waals surface area contributed by atoms with Crippen LogP contribution in [0.1, 0.15) is 36.0 Å². The molecule has 1 aromatic heterocycles. The first kappa shape index (κ1) is 18.2. The van der Waals surface area contributed by atoms with E-state index in [1.54, 1.807) is 19.2 Å². The van der Waals surface area contributed by atoms with E-state index >= 15 is 0 Å². The topological polar surface area (TPSA) is 89.4 Å². The second-order valence-corrected chi connectivity index (χ2v) is 7.15. The zero-order valence-corrected chi connectivity index (χ0v) is 15.4. The smallest absolute Gasteiger partial charge is 0.254 e. The standard InChI is InChI=1S/C21H20FN3O3/c1-25(21(20(23)27)10-4-5-11-21)19(26)13-8-9-14(15(22)12-13)18-24-16-6-2-3-7-17(16)28-18/h2-3,6-9,12H,4-5,10-11H2,1H3,(H2,23,27). The van der Waals surface area contributed by atoms with Crippen LogP contribution in [0.5, 0.6) is 0 Å². The molecule has 1 saturated carbocycles. The summed E-state index contributed by atoms with van der Waals surface area (Å²) in [5, 5.41) is 0. The molecule has 0 aliphatic heterocycles. The largest absolute Gasteiger partial charge is 0.436 e. The van der Waals surface area contributed by atoms with Gasteiger partial charge in [0.2, 0.25) is 11.8 Å². The lowest BCUT2D eigenvalue weighted by atomic mass is 9.93. The predicted molar refractivity (Wildman–Crippen MR) is 102 cm³/mol. The van der Waals surface area contributed by atoms with Gasteiger partial charge in [-0.3, -0.25) is 9.59 Å². The molecule has 0 radical (unpaired) electrons. The van der Waals surface area contributed by atoms with Gasteiger partial charge in [-0.1, -0.05) is 25.0 Å². The van der Waals surface area contributed by atoms with Crippen molar-refractivity contribution >= 4 is 22.9 Å². The normalized spacial score (nSPS) is 15.6. The fraction of sp³-hybridized carbons (Fsp3) is 0.286. The molecule has 6 nitrogen and oxygen atoms in total. The molecular formula is C21H20FN3O3. The van der Waals surface area contributed by atoms with Crippen molar-refractivity contribution in [2.75, 3.05) is 7.05 Å². The summed E-state index contributed by atoms with van der Waals surface area (Å²) < 4.78 is 20.4. The van der Waals surface area contributed by atoms with Crippen molar-refractivity contribution in [2.45, 2.75) is 31.2 Å². The first-order valence-corrected chi connectivity index (χ1v) is 9.16. The lowest BCUT2D eigenvalue weighted by Gasteiger charge is -2.36. The Labute approximate surface area is 161 Å². The quantitative estimate of drug-likeness (QED) is 0.749. The van der Waals surface area contributed by atoms with Crippen molar-refractivity contribution in [3.63, 3.8) is 0 Å². The van der Waals surface area contributed by atoms with Crippen molar-refractivity contribution in [1.29, 1.82) is 0 Å². The van der Waals surface area contributed by atoms with Crippen molar-refractivity contribution < 1.29 is 18.4 Å². The fourth-order valence-electron chi connectivity index (χ4n) is 3.90. The molecule has 3 aromatic rings. The van der Waals surface area contributed by atoms with Gasteiger partial charge in [0.05, 0.1) is 5.56 Å². The van der Waals surface area contributed by atoms with E-state index in [0.29, 0.717) is 23.9 Å². The van der Waals surface area contributed by atoms with Crippen LogP contribution in [0.4, 0.5) is 4.39 Å². The van der Waals surface area contributed by atoms with E-state index in [4.69, 9.17) is 10.2 Å². The van der Waals surface area contributed by atoms with Gasteiger partial charge in [-0.2, -0.15) is 0 Å². The highest BCUT2D eigenvalue weighted by Crippen LogP contribution is 2.35. The summed E-state index contributed by atoms with van der Waals surface area (Å²) in [6.45, 7) is 0. The van der Waals surface area contributed by atoms with E-state index in [1.165, 1.54) is 17.0 Å². The van der Waals surface area contributed by atoms with Crippen LogP contribution in [0.2, 0.25) is 0 Å². The van der Waals surface area contributed by atoms with Gasteiger partial charge < -0.3 is 15.1 Å². The SMILES string of the molecule is CN(C(=O)c1ccc(-c2nc3ccccc3o2)c(F)c1)C1(C(N)=O)CCCC1. The lowest BCUT2D eigenvalue weighted by molar-refractivity contribution is -0.127. The molecule has 1 aliphatic rings. The number of oxazole rings is 1. The Bertz CT molecular complexity index is 1040. The molecule has 0 atom stereocenters. The van der Waals surface area contributed by atoms with Crippen molar-refractivity contribution in [2.24, 2.45) is 5.73 Å². The molecule has 2 amide bonds. The second-order valence-electron chi connectivity index (χ2n) is 7.15. The number of fused-ring (bicyclic) bond motifs is 1. The average Bonchev–Trinajstić information content (AvgIpc) is 3.34. The Kier molecular flexibility index (Phi) is 4.37. The van der Waals surface area contributed by atoms with Gasteiger partial charge in [0.1, 0.15) is 16.9 Å². The van der Waals surface area contributed by atoms with E-state index in [1.807, 2.05) is 12.1 Å². The minimum Gasteiger partial charge on any atom is -0.436 e. The van der Waals surface area contributed by atoms with Crippen LogP contribution in [0, 0.1) is 5.82 Å². The predicted octanol–water partition coefficient (Wildman–Crippen LogP) is 3.50. The Balaban J connectivity index is 1.65. The van der Waals surface area contributed by atoms with Crippen LogP contribution in [0.25, 0.3) is 22.6 Å². The third kappa shape index (κ3) is 2.83. The van der Waals surface area contributed by atoms with E-state index in [0.717, 1.165) is 18.9 Å². The molecule has 0 spiro atoms. The summed E-state index contributed by atoms with van der Waals surface area (Å²) in [5.41, 5.74) is 6.08. The summed E-state index contributed by atoms with van der Waals surface area (Å²) in [5.74, 6) is -1.44. The first-order valence-electron chi connectivity index (χ1n) is 9.16. The molecule has 0 saturated heterocycles. The zero-order chi connectivity index (χ0) is 19.9. The molecule has 2 N–H and O–H groups in total. The van der Waals surface area contributed by atoms with Crippen LogP contribution < -0.4 is 5.73 Å². The Morgan fingerprint density at radius 3 is 2.54 bits per heavy atom. The first-order chi connectivity index (χ1) is 13.4. The van der Waals surface area contributed by atoms with Crippen LogP contribution in [-0.2, 0) is 4.79 Å². The van der Waals surface area contributed by atoms with E-state index in [-0.39, 0.29) is 17.0 Å². The Morgan fingerprint density at radius 2 is 1.89 bits per heavy atom. The Morgan fingerprint density at radius 1 is 1.18 bits per heavy atom. The van der Waals surface area contributed by atoms with Gasteiger partial charge in [0.15, 0.2) is 5.58 Å². The maximum atomic E-state index is 14.8. The van der Waals surface area contributed by atoms with E-state index in [9.17, 15) is 14.0 Å². The number of benzene rings is 2. The molecule has 4 rings (SSSR count). The molecule has 28 heavy (non-hydrogen) atoms. The van der Waals surface area contributed by atoms with Gasteiger partial charge in [0, 0.05) is 12.6 Å². The van der Waals surface area contributed by atoms with Gasteiger partial charge >= 0.3 is 0 Å². The summed E-state index contributed by atoms with van der Waals surface area (Å²) in [4.78, 5) is 30.6. The number of nitrogens with zero attached hydrogens (tertiary/aromatic N) is 2. The molecule has 2 aromatic carbocycles. The number of para-hydroxylation sites is 2. The minimum absolute atomic E-state index is 0.146. The summed E-state index contributed by atoms with van der Waals surface area (Å²) in [6, 6.07) is 11.3. The van der Waals surface area contributed by atoms with Gasteiger partial charge in [-0.25, -0.2) is 9.37 Å². The summed E-state index contributed by atoms with van der Waals surface area (Å²) in [7, 11) is 1.55. The highest BCUT2D eigenvalue weighted by molar-refractivity contribution is 5.99. The molecular weight excluding hydrogens is 361 g/mol. The minimum atomic E-state index is -1.01. The van der Waals surface area contributed by atoms with Crippen LogP contribution in [0.3, 0.4) is 0 Å². The van der Waals surface area contributed by atoms with E-state index in [2.05, 4.69) is 4.98 Å². The number of rotatable bonds is 4. The number of nitrogens with two attached hydrogens (primary N) is 1. The van der Waals surface area contributed by atoms with E-state index < -0.39 is 23.2 Å². The average molecular weight is 381 g/mol. The number of carbonyl (C=O) groups is 2. The van der Waals surface area contributed by atoms with Crippen LogP contribution in [-0.4, -0.2) is 34.3 Å². The van der Waals surface area contributed by atoms with Crippen molar-refractivity contribution in [3.05, 3.63) is 53.8 Å². The number of primary amides is 1. The summed E-state index contributed by atoms with van der Waals surface area (Å²) >= 11 is 0. The number of halogens is 1.